The lowest BCUT2D eigenvalue weighted by molar-refractivity contribution is -0.146. The molecule has 1 fully saturated rings. The lowest BCUT2D eigenvalue weighted by atomic mass is 10.1. The standard InChI is InChI=1S/C34H38N4O8/c1-21-12-14-27(22(2)18-21)46-17-9-16-35-30(40)25-13-15-28(44-4)26(19-25)36-31(41)29(23(3)39)38-32(42)33(45-5)37(34(38)43)20-24-10-7-6-8-11-24/h6-8,10-15,18-19,29,33H,9,16-17,20H2,1-5H3,(H,35,40)(H,36,41). The number of amides is 5. The van der Waals surface area contributed by atoms with Gasteiger partial charge in [-0.15, -0.1) is 0 Å². The average Bonchev–Trinajstić information content (AvgIpc) is 3.25. The van der Waals surface area contributed by atoms with E-state index >= 15 is 0 Å². The van der Waals surface area contributed by atoms with Gasteiger partial charge in [0.05, 0.1) is 25.9 Å². The summed E-state index contributed by atoms with van der Waals surface area (Å²) in [6.45, 7) is 5.86. The zero-order valence-electron chi connectivity index (χ0n) is 26.5. The highest BCUT2D eigenvalue weighted by Gasteiger charge is 2.51. The summed E-state index contributed by atoms with van der Waals surface area (Å²) in [7, 11) is 2.64. The minimum absolute atomic E-state index is 0.0232. The van der Waals surface area contributed by atoms with Crippen molar-refractivity contribution in [1.82, 2.24) is 15.1 Å². The highest BCUT2D eigenvalue weighted by Crippen LogP contribution is 2.28. The van der Waals surface area contributed by atoms with E-state index in [4.69, 9.17) is 14.2 Å². The van der Waals surface area contributed by atoms with Crippen LogP contribution in [0.15, 0.2) is 66.7 Å². The van der Waals surface area contributed by atoms with Crippen molar-refractivity contribution in [3.8, 4) is 11.5 Å². The Kier molecular flexibility index (Phi) is 11.1. The number of anilines is 1. The van der Waals surface area contributed by atoms with Gasteiger partial charge in [-0.25, -0.2) is 9.69 Å². The Balaban J connectivity index is 1.43. The number of carbonyl (C=O) groups excluding carboxylic acids is 5. The Morgan fingerprint density at radius 1 is 0.935 bits per heavy atom. The van der Waals surface area contributed by atoms with E-state index in [0.29, 0.717) is 24.5 Å². The number of hydrogen-bond acceptors (Lipinski definition) is 8. The smallest absolute Gasteiger partial charge is 0.330 e. The van der Waals surface area contributed by atoms with Crippen LogP contribution >= 0.6 is 0 Å². The van der Waals surface area contributed by atoms with Crippen LogP contribution in [0.1, 0.15) is 40.4 Å². The predicted octanol–water partition coefficient (Wildman–Crippen LogP) is 3.84. The first-order valence-corrected chi connectivity index (χ1v) is 14.7. The molecule has 12 nitrogen and oxygen atoms in total. The summed E-state index contributed by atoms with van der Waals surface area (Å²) in [5.41, 5.74) is 3.20. The Morgan fingerprint density at radius 2 is 1.65 bits per heavy atom. The zero-order valence-corrected chi connectivity index (χ0v) is 26.5. The van der Waals surface area contributed by atoms with Crippen molar-refractivity contribution in [2.75, 3.05) is 32.7 Å². The number of nitrogens with zero attached hydrogens (tertiary/aromatic N) is 2. The van der Waals surface area contributed by atoms with Crippen molar-refractivity contribution in [1.29, 1.82) is 0 Å². The van der Waals surface area contributed by atoms with Gasteiger partial charge < -0.3 is 24.8 Å². The zero-order chi connectivity index (χ0) is 33.4. The number of benzene rings is 3. The number of ether oxygens (including phenoxy) is 3. The number of Topliss-reactive ketones (excluding diaryl/α,β-unsaturated/α-hetero) is 1. The molecule has 242 valence electrons. The van der Waals surface area contributed by atoms with Crippen LogP contribution in [0.5, 0.6) is 11.5 Å². The van der Waals surface area contributed by atoms with Gasteiger partial charge in [0.2, 0.25) is 6.23 Å². The summed E-state index contributed by atoms with van der Waals surface area (Å²) in [4.78, 5) is 67.7. The van der Waals surface area contributed by atoms with Crippen molar-refractivity contribution < 1.29 is 38.2 Å². The number of imide groups is 1. The number of rotatable bonds is 14. The predicted molar refractivity (Wildman–Crippen MR) is 169 cm³/mol. The number of carbonyl (C=O) groups is 5. The molecule has 2 unspecified atom stereocenters. The van der Waals surface area contributed by atoms with E-state index < -0.39 is 41.8 Å². The maximum atomic E-state index is 13.5. The molecule has 3 aromatic rings. The topological polar surface area (TPSA) is 144 Å². The molecule has 1 saturated heterocycles. The summed E-state index contributed by atoms with van der Waals surface area (Å²) in [6, 6.07) is 16.6. The molecule has 0 radical (unpaired) electrons. The van der Waals surface area contributed by atoms with Crippen LogP contribution in [0.4, 0.5) is 10.5 Å². The van der Waals surface area contributed by atoms with E-state index in [-0.39, 0.29) is 23.5 Å². The minimum Gasteiger partial charge on any atom is -0.495 e. The fourth-order valence-electron chi connectivity index (χ4n) is 5.13. The Morgan fingerprint density at radius 3 is 2.30 bits per heavy atom. The fourth-order valence-corrected chi connectivity index (χ4v) is 5.13. The number of methoxy groups -OCH3 is 2. The molecule has 2 N–H and O–H groups in total. The van der Waals surface area contributed by atoms with E-state index in [1.807, 2.05) is 38.1 Å². The van der Waals surface area contributed by atoms with Crippen molar-refractivity contribution >= 4 is 35.2 Å². The first-order chi connectivity index (χ1) is 22.0. The third-order valence-electron chi connectivity index (χ3n) is 7.41. The van der Waals surface area contributed by atoms with Gasteiger partial charge in [0.25, 0.3) is 17.7 Å². The van der Waals surface area contributed by atoms with Gasteiger partial charge >= 0.3 is 6.03 Å². The summed E-state index contributed by atoms with van der Waals surface area (Å²) in [5.74, 6) is -1.96. The first-order valence-electron chi connectivity index (χ1n) is 14.7. The van der Waals surface area contributed by atoms with Crippen LogP contribution in [0, 0.1) is 13.8 Å². The molecule has 3 aromatic carbocycles. The third-order valence-corrected chi connectivity index (χ3v) is 7.41. The van der Waals surface area contributed by atoms with Crippen molar-refractivity contribution in [2.24, 2.45) is 0 Å². The van der Waals surface area contributed by atoms with E-state index in [1.165, 1.54) is 32.4 Å². The van der Waals surface area contributed by atoms with Gasteiger partial charge in [0.15, 0.2) is 11.8 Å². The molecule has 1 heterocycles. The van der Waals surface area contributed by atoms with Gasteiger partial charge in [0, 0.05) is 19.2 Å². The van der Waals surface area contributed by atoms with Gasteiger partial charge in [-0.3, -0.25) is 24.1 Å². The average molecular weight is 631 g/mol. The number of nitrogens with one attached hydrogen (secondary N) is 2. The van der Waals surface area contributed by atoms with E-state index in [0.717, 1.165) is 34.3 Å². The molecule has 0 aromatic heterocycles. The molecule has 0 aliphatic carbocycles. The molecule has 2 atom stereocenters. The number of ketones is 1. The van der Waals surface area contributed by atoms with Crippen LogP contribution < -0.4 is 20.1 Å². The Hall–Kier alpha value is -5.23. The fraction of sp³-hybridized carbons (Fsp3) is 0.324. The second kappa shape index (κ2) is 15.2. The Bertz CT molecular complexity index is 1610. The summed E-state index contributed by atoms with van der Waals surface area (Å²) < 4.78 is 16.5. The molecule has 1 aliphatic rings. The summed E-state index contributed by atoms with van der Waals surface area (Å²) in [5, 5.41) is 5.38. The SMILES string of the molecule is COc1ccc(C(=O)NCCCOc2ccc(C)cc2C)cc1NC(=O)C(C(C)=O)N1C(=O)C(OC)N(Cc2ccccc2)C1=O. The van der Waals surface area contributed by atoms with Crippen LogP contribution in [-0.4, -0.2) is 79.0 Å². The summed E-state index contributed by atoms with van der Waals surface area (Å²) in [6.07, 6.45) is -0.768. The molecule has 4 rings (SSSR count). The van der Waals surface area contributed by atoms with Crippen LogP contribution in [-0.2, 0) is 25.7 Å². The van der Waals surface area contributed by atoms with Gasteiger partial charge in [-0.1, -0.05) is 48.0 Å². The van der Waals surface area contributed by atoms with Crippen molar-refractivity contribution in [3.63, 3.8) is 0 Å². The number of hydrogen-bond donors (Lipinski definition) is 2. The second-order valence-electron chi connectivity index (χ2n) is 10.8. The van der Waals surface area contributed by atoms with E-state index in [9.17, 15) is 24.0 Å². The maximum Gasteiger partial charge on any atom is 0.330 e. The van der Waals surface area contributed by atoms with Crippen molar-refractivity contribution in [3.05, 3.63) is 89.0 Å². The quantitative estimate of drug-likeness (QED) is 0.155. The van der Waals surface area contributed by atoms with Crippen LogP contribution in [0.25, 0.3) is 0 Å². The second-order valence-corrected chi connectivity index (χ2v) is 10.8. The molecule has 0 bridgehead atoms. The molecular formula is C34H38N4O8. The Labute approximate surface area is 267 Å². The monoisotopic (exact) mass is 630 g/mol. The lowest BCUT2D eigenvalue weighted by Gasteiger charge is -2.24. The van der Waals surface area contributed by atoms with Crippen molar-refractivity contribution in [2.45, 2.75) is 46.0 Å². The molecule has 0 saturated carbocycles. The molecule has 5 amide bonds. The third kappa shape index (κ3) is 7.70. The molecular weight excluding hydrogens is 592 g/mol. The highest BCUT2D eigenvalue weighted by atomic mass is 16.5. The number of urea groups is 1. The normalized spacial score (nSPS) is 15.0. The van der Waals surface area contributed by atoms with Gasteiger partial charge in [-0.2, -0.15) is 0 Å². The van der Waals surface area contributed by atoms with Crippen LogP contribution in [0.2, 0.25) is 0 Å². The van der Waals surface area contributed by atoms with Gasteiger partial charge in [-0.05, 0) is 62.6 Å². The minimum atomic E-state index is -1.79. The van der Waals surface area contributed by atoms with E-state index in [2.05, 4.69) is 10.6 Å². The maximum absolute atomic E-state index is 13.5. The molecule has 12 heteroatoms. The van der Waals surface area contributed by atoms with E-state index in [1.54, 1.807) is 24.3 Å². The first kappa shape index (κ1) is 33.7. The molecule has 1 aliphatic heterocycles. The van der Waals surface area contributed by atoms with Gasteiger partial charge in [0.1, 0.15) is 11.5 Å². The number of aryl methyl sites for hydroxylation is 2. The summed E-state index contributed by atoms with van der Waals surface area (Å²) >= 11 is 0. The lowest BCUT2D eigenvalue weighted by Crippen LogP contribution is -2.52. The molecule has 46 heavy (non-hydrogen) atoms. The molecule has 0 spiro atoms. The van der Waals surface area contributed by atoms with Crippen LogP contribution in [0.3, 0.4) is 0 Å². The highest BCUT2D eigenvalue weighted by molar-refractivity contribution is 6.18. The largest absolute Gasteiger partial charge is 0.495 e.